The monoisotopic (exact) mass is 366 g/mol. The maximum absolute atomic E-state index is 12.1. The maximum atomic E-state index is 12.1. The highest BCUT2D eigenvalue weighted by Gasteiger charge is 2.16. The van der Waals surface area contributed by atoms with Crippen molar-refractivity contribution in [1.82, 2.24) is 25.0 Å². The largest absolute Gasteiger partial charge is 0.271 e. The molecule has 8 heteroatoms. The number of carbonyl (C=O) groups is 1. The second kappa shape index (κ2) is 6.87. The van der Waals surface area contributed by atoms with Gasteiger partial charge in [0.05, 0.1) is 15.9 Å². The molecule has 0 aliphatic carbocycles. The lowest BCUT2D eigenvalue weighted by Gasteiger charge is -2.10. The number of amides is 1. The SMILES string of the molecule is CCn1cc(Br)c(/C(C)=N\NC(=O)C(C)n2ccc(C)n2)n1. The Balaban J connectivity index is 2.06. The molecule has 1 atom stereocenters. The molecular formula is C14H19BrN6O. The molecule has 7 nitrogen and oxygen atoms in total. The Morgan fingerprint density at radius 3 is 2.77 bits per heavy atom. The molecule has 0 spiro atoms. The lowest BCUT2D eigenvalue weighted by Crippen LogP contribution is -2.28. The number of hydrogen-bond acceptors (Lipinski definition) is 4. The molecule has 1 unspecified atom stereocenters. The molecule has 2 heterocycles. The zero-order valence-electron chi connectivity index (χ0n) is 13.0. The van der Waals surface area contributed by atoms with Crippen molar-refractivity contribution in [1.29, 1.82) is 0 Å². The van der Waals surface area contributed by atoms with Crippen LogP contribution in [-0.2, 0) is 11.3 Å². The minimum absolute atomic E-state index is 0.228. The smallest absolute Gasteiger partial charge is 0.264 e. The van der Waals surface area contributed by atoms with Gasteiger partial charge in [-0.2, -0.15) is 15.3 Å². The molecular weight excluding hydrogens is 348 g/mol. The van der Waals surface area contributed by atoms with Crippen molar-refractivity contribution in [2.75, 3.05) is 0 Å². The van der Waals surface area contributed by atoms with Gasteiger partial charge in [0.2, 0.25) is 0 Å². The van der Waals surface area contributed by atoms with Crippen LogP contribution in [0.3, 0.4) is 0 Å². The molecule has 0 saturated carbocycles. The van der Waals surface area contributed by atoms with E-state index in [1.807, 2.05) is 26.1 Å². The number of aromatic nitrogens is 4. The summed E-state index contributed by atoms with van der Waals surface area (Å²) in [7, 11) is 0. The Morgan fingerprint density at radius 1 is 1.50 bits per heavy atom. The third kappa shape index (κ3) is 3.62. The van der Waals surface area contributed by atoms with Gasteiger partial charge in [0.1, 0.15) is 11.7 Å². The Kier molecular flexibility index (Phi) is 5.12. The van der Waals surface area contributed by atoms with Crippen LogP contribution in [0.5, 0.6) is 0 Å². The highest BCUT2D eigenvalue weighted by molar-refractivity contribution is 9.10. The van der Waals surface area contributed by atoms with Gasteiger partial charge in [0.25, 0.3) is 5.91 Å². The van der Waals surface area contributed by atoms with Gasteiger partial charge in [-0.05, 0) is 49.7 Å². The molecule has 1 N–H and O–H groups in total. The molecule has 0 radical (unpaired) electrons. The lowest BCUT2D eigenvalue weighted by molar-refractivity contribution is -0.124. The summed E-state index contributed by atoms with van der Waals surface area (Å²) < 4.78 is 4.26. The molecule has 1 amide bonds. The molecule has 0 fully saturated rings. The molecule has 2 aromatic rings. The summed E-state index contributed by atoms with van der Waals surface area (Å²) in [6.07, 6.45) is 3.65. The molecule has 0 aliphatic heterocycles. The number of hydrogen-bond donors (Lipinski definition) is 1. The Morgan fingerprint density at radius 2 is 2.23 bits per heavy atom. The number of halogens is 1. The minimum atomic E-state index is -0.429. The van der Waals surface area contributed by atoms with E-state index >= 15 is 0 Å². The van der Waals surface area contributed by atoms with Crippen LogP contribution >= 0.6 is 15.9 Å². The third-order valence-corrected chi connectivity index (χ3v) is 3.82. The van der Waals surface area contributed by atoms with E-state index in [9.17, 15) is 4.79 Å². The molecule has 0 saturated heterocycles. The molecule has 0 aliphatic rings. The van der Waals surface area contributed by atoms with Crippen LogP contribution in [0.25, 0.3) is 0 Å². The molecule has 0 bridgehead atoms. The topological polar surface area (TPSA) is 77.1 Å². The van der Waals surface area contributed by atoms with E-state index in [0.29, 0.717) is 11.4 Å². The molecule has 2 aromatic heterocycles. The predicted molar refractivity (Wildman–Crippen MR) is 87.6 cm³/mol. The number of aryl methyl sites for hydroxylation is 2. The summed E-state index contributed by atoms with van der Waals surface area (Å²) in [5.74, 6) is -0.228. The number of hydrazone groups is 1. The normalized spacial score (nSPS) is 13.2. The fourth-order valence-corrected chi connectivity index (χ4v) is 2.46. The quantitative estimate of drug-likeness (QED) is 0.651. The molecule has 0 aromatic carbocycles. The van der Waals surface area contributed by atoms with Crippen molar-refractivity contribution in [3.05, 3.63) is 34.3 Å². The summed E-state index contributed by atoms with van der Waals surface area (Å²) in [6.45, 7) is 8.23. The fraction of sp³-hybridized carbons (Fsp3) is 0.429. The van der Waals surface area contributed by atoms with E-state index < -0.39 is 6.04 Å². The summed E-state index contributed by atoms with van der Waals surface area (Å²) in [5, 5.41) is 12.7. The van der Waals surface area contributed by atoms with Crippen molar-refractivity contribution in [2.24, 2.45) is 5.10 Å². The van der Waals surface area contributed by atoms with Gasteiger partial charge in [-0.15, -0.1) is 0 Å². The first-order valence-electron chi connectivity index (χ1n) is 7.01. The van der Waals surface area contributed by atoms with Gasteiger partial charge in [-0.1, -0.05) is 0 Å². The van der Waals surface area contributed by atoms with Crippen molar-refractivity contribution in [2.45, 2.75) is 40.3 Å². The van der Waals surface area contributed by atoms with Crippen LogP contribution in [0.2, 0.25) is 0 Å². The van der Waals surface area contributed by atoms with Crippen LogP contribution in [0.15, 0.2) is 28.0 Å². The van der Waals surface area contributed by atoms with Crippen molar-refractivity contribution in [3.8, 4) is 0 Å². The van der Waals surface area contributed by atoms with Crippen LogP contribution in [0.4, 0.5) is 0 Å². The minimum Gasteiger partial charge on any atom is -0.271 e. The van der Waals surface area contributed by atoms with E-state index in [1.165, 1.54) is 0 Å². The molecule has 118 valence electrons. The first-order chi connectivity index (χ1) is 10.4. The van der Waals surface area contributed by atoms with Crippen LogP contribution in [0.1, 0.15) is 38.2 Å². The molecule has 22 heavy (non-hydrogen) atoms. The predicted octanol–water partition coefficient (Wildman–Crippen LogP) is 2.27. The summed E-state index contributed by atoms with van der Waals surface area (Å²) >= 11 is 3.44. The van der Waals surface area contributed by atoms with Gasteiger partial charge in [0, 0.05) is 18.9 Å². The standard InChI is InChI=1S/C14H19BrN6O/c1-5-20-8-12(15)13(19-20)10(3)16-17-14(22)11(4)21-7-6-9(2)18-21/h6-8,11H,5H2,1-4H3,(H,17,22)/b16-10-. The summed E-state index contributed by atoms with van der Waals surface area (Å²) in [5.41, 5.74) is 4.78. The van der Waals surface area contributed by atoms with Gasteiger partial charge in [-0.3, -0.25) is 14.2 Å². The average molecular weight is 367 g/mol. The Bertz CT molecular complexity index is 702. The number of nitrogens with one attached hydrogen (secondary N) is 1. The van der Waals surface area contributed by atoms with Crippen molar-refractivity contribution < 1.29 is 4.79 Å². The fourth-order valence-electron chi connectivity index (χ4n) is 1.86. The van der Waals surface area contributed by atoms with E-state index in [0.717, 1.165) is 16.7 Å². The number of nitrogens with zero attached hydrogens (tertiary/aromatic N) is 5. The van der Waals surface area contributed by atoms with Crippen LogP contribution in [0, 0.1) is 6.92 Å². The van der Waals surface area contributed by atoms with Gasteiger partial charge >= 0.3 is 0 Å². The van der Waals surface area contributed by atoms with E-state index in [4.69, 9.17) is 0 Å². The van der Waals surface area contributed by atoms with Gasteiger partial charge in [0.15, 0.2) is 0 Å². The Hall–Kier alpha value is -1.96. The number of carbonyl (C=O) groups excluding carboxylic acids is 1. The highest BCUT2D eigenvalue weighted by atomic mass is 79.9. The first-order valence-corrected chi connectivity index (χ1v) is 7.81. The first kappa shape index (κ1) is 16.4. The summed E-state index contributed by atoms with van der Waals surface area (Å²) in [6, 6.07) is 1.43. The Labute approximate surface area is 137 Å². The van der Waals surface area contributed by atoms with E-state index in [-0.39, 0.29) is 5.91 Å². The average Bonchev–Trinajstić information content (AvgIpc) is 3.09. The highest BCUT2D eigenvalue weighted by Crippen LogP contribution is 2.15. The molecule has 2 rings (SSSR count). The van der Waals surface area contributed by atoms with Crippen LogP contribution in [-0.4, -0.2) is 31.2 Å². The zero-order chi connectivity index (χ0) is 16.3. The van der Waals surface area contributed by atoms with Crippen molar-refractivity contribution >= 4 is 27.5 Å². The third-order valence-electron chi connectivity index (χ3n) is 3.24. The van der Waals surface area contributed by atoms with Crippen LogP contribution < -0.4 is 5.43 Å². The number of rotatable bonds is 5. The van der Waals surface area contributed by atoms with E-state index in [1.54, 1.807) is 29.4 Å². The van der Waals surface area contributed by atoms with Crippen molar-refractivity contribution in [3.63, 3.8) is 0 Å². The maximum Gasteiger partial charge on any atom is 0.264 e. The second-order valence-corrected chi connectivity index (χ2v) is 5.82. The summed E-state index contributed by atoms with van der Waals surface area (Å²) in [4.78, 5) is 12.1. The van der Waals surface area contributed by atoms with Gasteiger partial charge < -0.3 is 0 Å². The second-order valence-electron chi connectivity index (χ2n) is 4.97. The zero-order valence-corrected chi connectivity index (χ0v) is 14.6. The van der Waals surface area contributed by atoms with Gasteiger partial charge in [-0.25, -0.2) is 5.43 Å². The van der Waals surface area contributed by atoms with E-state index in [2.05, 4.69) is 36.7 Å². The lowest BCUT2D eigenvalue weighted by atomic mass is 10.3.